The molecule has 2 N–H and O–H groups in total. The summed E-state index contributed by atoms with van der Waals surface area (Å²) in [6, 6.07) is 6.18. The van der Waals surface area contributed by atoms with E-state index in [1.54, 1.807) is 44.9 Å². The maximum Gasteiger partial charge on any atom is 0.337 e. The molecule has 9 nitrogen and oxygen atoms in total. The lowest BCUT2D eigenvalue weighted by molar-refractivity contribution is -0.136. The minimum absolute atomic E-state index is 0.0733. The Balaban J connectivity index is 2.61. The summed E-state index contributed by atoms with van der Waals surface area (Å²) in [5.74, 6) is -1.08. The molecule has 1 aromatic carbocycles. The maximum absolute atomic E-state index is 13.5. The number of H-pyrrole nitrogens is 1. The van der Waals surface area contributed by atoms with Crippen LogP contribution in [0.4, 0.5) is 5.69 Å². The van der Waals surface area contributed by atoms with Gasteiger partial charge in [-0.05, 0) is 45.4 Å². The van der Waals surface area contributed by atoms with Crippen LogP contribution in [0.1, 0.15) is 49.4 Å². The Morgan fingerprint density at radius 1 is 1.38 bits per heavy atom. The van der Waals surface area contributed by atoms with Crippen molar-refractivity contribution in [1.82, 2.24) is 4.98 Å². The molecule has 0 amide bonds. The van der Waals surface area contributed by atoms with Gasteiger partial charge in [-0.1, -0.05) is 6.07 Å². The predicted molar refractivity (Wildman–Crippen MR) is 125 cm³/mol. The number of nitriles is 1. The number of nitrogens with zero attached hydrogens (tertiary/aromatic N) is 2. The van der Waals surface area contributed by atoms with Crippen molar-refractivity contribution in [2.45, 2.75) is 45.8 Å². The molecule has 3 rings (SSSR count). The molecule has 2 unspecified atom stereocenters. The average molecular weight is 466 g/mol. The predicted octanol–water partition coefficient (Wildman–Crippen LogP) is 3.00. The van der Waals surface area contributed by atoms with Crippen LogP contribution in [-0.2, 0) is 19.9 Å². The highest BCUT2D eigenvalue weighted by molar-refractivity contribution is 5.95. The fraction of sp³-hybridized carbons (Fsp3) is 0.360. The Morgan fingerprint density at radius 3 is 2.65 bits per heavy atom. The van der Waals surface area contributed by atoms with Crippen molar-refractivity contribution in [2.24, 2.45) is 0 Å². The molecule has 0 bridgehead atoms. The standard InChI is InChI=1S/C25H27N3O6/c1-6-34-25(18-8-7-17(12-26)11-19(18)33-5)20(24(31)32)16(4)28(15(3)9-10-29)22-14(2)13-27-23(30)21(22)25/h7-8,10-11,13,15H,6,9H2,1-5H3,(H,27,30)(H,31,32). The number of aldehydes is 1. The molecule has 2 atom stereocenters. The second-order valence-corrected chi connectivity index (χ2v) is 8.05. The van der Waals surface area contributed by atoms with Gasteiger partial charge in [0.25, 0.3) is 5.56 Å². The third kappa shape index (κ3) is 3.66. The molecule has 1 aliphatic heterocycles. The van der Waals surface area contributed by atoms with E-state index < -0.39 is 23.2 Å². The summed E-state index contributed by atoms with van der Waals surface area (Å²) in [6.45, 7) is 7.00. The molecule has 0 radical (unpaired) electrons. The molecule has 9 heteroatoms. The van der Waals surface area contributed by atoms with Crippen molar-refractivity contribution in [1.29, 1.82) is 5.26 Å². The molecule has 34 heavy (non-hydrogen) atoms. The van der Waals surface area contributed by atoms with E-state index in [9.17, 15) is 24.8 Å². The molecule has 1 aromatic heterocycles. The number of methoxy groups -OCH3 is 1. The number of pyridine rings is 1. The first-order valence-corrected chi connectivity index (χ1v) is 10.8. The van der Waals surface area contributed by atoms with Crippen LogP contribution in [0.2, 0.25) is 0 Å². The number of benzene rings is 1. The van der Waals surface area contributed by atoms with E-state index in [1.807, 2.05) is 6.07 Å². The van der Waals surface area contributed by atoms with E-state index >= 15 is 0 Å². The van der Waals surface area contributed by atoms with Crippen molar-refractivity contribution >= 4 is 17.9 Å². The molecule has 0 spiro atoms. The van der Waals surface area contributed by atoms with Crippen LogP contribution in [0, 0.1) is 18.3 Å². The number of ether oxygens (including phenoxy) is 2. The fourth-order valence-corrected chi connectivity index (χ4v) is 4.78. The Labute approximate surface area is 197 Å². The highest BCUT2D eigenvalue weighted by Gasteiger charge is 2.53. The molecule has 2 aromatic rings. The molecular formula is C25H27N3O6. The molecule has 0 aliphatic carbocycles. The Bertz CT molecular complexity index is 1270. The van der Waals surface area contributed by atoms with E-state index in [0.29, 0.717) is 22.5 Å². The van der Waals surface area contributed by atoms with Crippen LogP contribution in [0.3, 0.4) is 0 Å². The van der Waals surface area contributed by atoms with Gasteiger partial charge >= 0.3 is 5.97 Å². The first-order valence-electron chi connectivity index (χ1n) is 10.8. The van der Waals surface area contributed by atoms with E-state index in [0.717, 1.165) is 6.29 Å². The molecule has 0 fully saturated rings. The third-order valence-corrected chi connectivity index (χ3v) is 6.09. The monoisotopic (exact) mass is 465 g/mol. The van der Waals surface area contributed by atoms with Gasteiger partial charge in [0.15, 0.2) is 5.60 Å². The lowest BCUT2D eigenvalue weighted by Gasteiger charge is -2.46. The van der Waals surface area contributed by atoms with E-state index in [4.69, 9.17) is 9.47 Å². The summed E-state index contributed by atoms with van der Waals surface area (Å²) in [4.78, 5) is 42.1. The lowest BCUT2D eigenvalue weighted by Crippen LogP contribution is -2.50. The van der Waals surface area contributed by atoms with Gasteiger partial charge in [-0.3, -0.25) is 4.79 Å². The zero-order valence-electron chi connectivity index (χ0n) is 19.8. The summed E-state index contributed by atoms with van der Waals surface area (Å²) in [5, 5.41) is 19.8. The van der Waals surface area contributed by atoms with Crippen LogP contribution in [-0.4, -0.2) is 42.1 Å². The minimum Gasteiger partial charge on any atom is -0.496 e. The van der Waals surface area contributed by atoms with Gasteiger partial charge in [-0.15, -0.1) is 0 Å². The number of aliphatic carboxylic acids is 1. The Morgan fingerprint density at radius 2 is 2.09 bits per heavy atom. The maximum atomic E-state index is 13.5. The SMILES string of the molecule is CCOC1(c2ccc(C#N)cc2OC)C(C(=O)O)=C(C)N(C(C)CC=O)c2c(C)c[nH]c(=O)c21. The lowest BCUT2D eigenvalue weighted by atomic mass is 9.74. The normalized spacial score (nSPS) is 18.2. The largest absolute Gasteiger partial charge is 0.496 e. The topological polar surface area (TPSA) is 133 Å². The number of carboxylic acids is 1. The quantitative estimate of drug-likeness (QED) is 0.569. The van der Waals surface area contributed by atoms with Gasteiger partial charge in [-0.2, -0.15) is 5.26 Å². The first-order chi connectivity index (χ1) is 16.2. The second kappa shape index (κ2) is 9.53. The molecule has 1 aliphatic rings. The number of rotatable bonds is 8. The third-order valence-electron chi connectivity index (χ3n) is 6.09. The van der Waals surface area contributed by atoms with Gasteiger partial charge < -0.3 is 29.3 Å². The number of allylic oxidation sites excluding steroid dienone is 1. The number of carboxylic acid groups (broad SMARTS) is 1. The van der Waals surface area contributed by atoms with Crippen molar-refractivity contribution in [3.8, 4) is 11.8 Å². The number of aromatic amines is 1. The van der Waals surface area contributed by atoms with Crippen molar-refractivity contribution in [2.75, 3.05) is 18.6 Å². The van der Waals surface area contributed by atoms with Crippen LogP contribution >= 0.6 is 0 Å². The average Bonchev–Trinajstić information content (AvgIpc) is 2.80. The summed E-state index contributed by atoms with van der Waals surface area (Å²) in [7, 11) is 1.40. The number of aryl methyl sites for hydroxylation is 1. The Hall–Kier alpha value is -3.90. The van der Waals surface area contributed by atoms with Crippen LogP contribution in [0.15, 0.2) is 40.5 Å². The molecule has 0 saturated carbocycles. The van der Waals surface area contributed by atoms with Crippen LogP contribution in [0.25, 0.3) is 0 Å². The van der Waals surface area contributed by atoms with Gasteiger partial charge in [0.2, 0.25) is 0 Å². The molecule has 2 heterocycles. The van der Waals surface area contributed by atoms with Crippen LogP contribution < -0.4 is 15.2 Å². The number of aromatic nitrogens is 1. The number of carbonyl (C=O) groups excluding carboxylic acids is 1. The number of fused-ring (bicyclic) bond motifs is 1. The summed E-state index contributed by atoms with van der Waals surface area (Å²) in [5.41, 5.74) is -0.382. The number of anilines is 1. The molecular weight excluding hydrogens is 438 g/mol. The summed E-state index contributed by atoms with van der Waals surface area (Å²) < 4.78 is 11.8. The fourth-order valence-electron chi connectivity index (χ4n) is 4.78. The first kappa shape index (κ1) is 24.7. The van der Waals surface area contributed by atoms with Crippen molar-refractivity contribution < 1.29 is 24.2 Å². The highest BCUT2D eigenvalue weighted by atomic mass is 16.5. The number of hydrogen-bond donors (Lipinski definition) is 2. The van der Waals surface area contributed by atoms with Gasteiger partial charge in [0.1, 0.15) is 12.0 Å². The van der Waals surface area contributed by atoms with Crippen molar-refractivity contribution in [3.63, 3.8) is 0 Å². The van der Waals surface area contributed by atoms with E-state index in [2.05, 4.69) is 4.98 Å². The summed E-state index contributed by atoms with van der Waals surface area (Å²) in [6.07, 6.45) is 2.43. The van der Waals surface area contributed by atoms with Gasteiger partial charge in [0.05, 0.1) is 35.6 Å². The second-order valence-electron chi connectivity index (χ2n) is 8.05. The van der Waals surface area contributed by atoms with Gasteiger partial charge in [-0.25, -0.2) is 4.79 Å². The summed E-state index contributed by atoms with van der Waals surface area (Å²) >= 11 is 0. The van der Waals surface area contributed by atoms with E-state index in [-0.39, 0.29) is 35.5 Å². The van der Waals surface area contributed by atoms with Crippen LogP contribution in [0.5, 0.6) is 5.75 Å². The highest BCUT2D eigenvalue weighted by Crippen LogP contribution is 2.52. The minimum atomic E-state index is -1.84. The number of hydrogen-bond acceptors (Lipinski definition) is 7. The molecule has 0 saturated heterocycles. The molecule has 178 valence electrons. The van der Waals surface area contributed by atoms with Gasteiger partial charge in [0, 0.05) is 36.5 Å². The zero-order chi connectivity index (χ0) is 25.2. The smallest absolute Gasteiger partial charge is 0.337 e. The Kier molecular flexibility index (Phi) is 6.93. The zero-order valence-corrected chi connectivity index (χ0v) is 19.8. The number of nitrogens with one attached hydrogen (secondary N) is 1. The van der Waals surface area contributed by atoms with E-state index in [1.165, 1.54) is 19.2 Å². The number of carbonyl (C=O) groups is 2. The van der Waals surface area contributed by atoms with Crippen molar-refractivity contribution in [3.05, 3.63) is 68.3 Å².